The van der Waals surface area contributed by atoms with Crippen LogP contribution in [0.4, 0.5) is 0 Å². The Hall–Kier alpha value is -2.56. The van der Waals surface area contributed by atoms with E-state index in [4.69, 9.17) is 0 Å². The summed E-state index contributed by atoms with van der Waals surface area (Å²) in [6, 6.07) is 9.76. The van der Waals surface area contributed by atoms with Crippen LogP contribution in [0, 0.1) is 17.8 Å². The number of carboxylic acids is 1. The number of hydrogen-bond acceptors (Lipinski definition) is 2. The maximum atomic E-state index is 13.0. The van der Waals surface area contributed by atoms with Gasteiger partial charge in [-0.15, -0.1) is 0 Å². The highest BCUT2D eigenvalue weighted by atomic mass is 16.4. The molecule has 2 fully saturated rings. The van der Waals surface area contributed by atoms with Gasteiger partial charge < -0.3 is 15.0 Å². The second-order valence-electron chi connectivity index (χ2n) is 6.80. The van der Waals surface area contributed by atoms with Gasteiger partial charge in [0.2, 0.25) is 0 Å². The summed E-state index contributed by atoms with van der Waals surface area (Å²) in [5, 5.41) is 9.48. The summed E-state index contributed by atoms with van der Waals surface area (Å²) in [5.41, 5.74) is 2.46. The van der Waals surface area contributed by atoms with Crippen LogP contribution in [0.25, 0.3) is 11.1 Å². The first-order valence-corrected chi connectivity index (χ1v) is 8.39. The second kappa shape index (κ2) is 5.82. The molecule has 1 saturated carbocycles. The molecule has 1 aromatic heterocycles. The summed E-state index contributed by atoms with van der Waals surface area (Å²) in [6.07, 6.45) is 5.72. The fourth-order valence-corrected chi connectivity index (χ4v) is 3.83. The number of H-pyrrole nitrogens is 1. The van der Waals surface area contributed by atoms with Gasteiger partial charge in [0.15, 0.2) is 0 Å². The highest BCUT2D eigenvalue weighted by Crippen LogP contribution is 2.44. The first-order valence-electron chi connectivity index (χ1n) is 8.39. The SMILES string of the molecule is O=C(O)[C@H]1CN(C(=O)c2c[nH]cc2-c2ccccc2)C[C@@H]1C1CC1. The van der Waals surface area contributed by atoms with E-state index < -0.39 is 11.9 Å². The van der Waals surface area contributed by atoms with Crippen molar-refractivity contribution in [2.75, 3.05) is 13.1 Å². The van der Waals surface area contributed by atoms with E-state index in [1.165, 1.54) is 0 Å². The van der Waals surface area contributed by atoms with Crippen molar-refractivity contribution in [1.29, 1.82) is 0 Å². The average Bonchev–Trinajstić information content (AvgIpc) is 3.15. The predicted octanol–water partition coefficient (Wildman–Crippen LogP) is 2.86. The van der Waals surface area contributed by atoms with E-state index in [1.807, 2.05) is 36.5 Å². The van der Waals surface area contributed by atoms with E-state index >= 15 is 0 Å². The molecule has 0 spiro atoms. The van der Waals surface area contributed by atoms with Crippen molar-refractivity contribution in [3.8, 4) is 11.1 Å². The van der Waals surface area contributed by atoms with Crippen molar-refractivity contribution in [2.24, 2.45) is 17.8 Å². The van der Waals surface area contributed by atoms with Gasteiger partial charge in [0.1, 0.15) is 0 Å². The molecule has 4 rings (SSSR count). The molecule has 24 heavy (non-hydrogen) atoms. The Morgan fingerprint density at radius 2 is 1.83 bits per heavy atom. The van der Waals surface area contributed by atoms with Gasteiger partial charge in [-0.05, 0) is 30.2 Å². The van der Waals surface area contributed by atoms with Gasteiger partial charge >= 0.3 is 5.97 Å². The second-order valence-corrected chi connectivity index (χ2v) is 6.80. The van der Waals surface area contributed by atoms with Gasteiger partial charge in [0.25, 0.3) is 5.91 Å². The monoisotopic (exact) mass is 324 g/mol. The standard InChI is InChI=1S/C19H20N2O3/c22-18(15-9-20-8-14(15)12-4-2-1-3-5-12)21-10-16(13-6-7-13)17(11-21)19(23)24/h1-5,8-9,13,16-17,20H,6-7,10-11H2,(H,23,24)/t16-,17+/m1/s1. The van der Waals surface area contributed by atoms with Gasteiger partial charge in [-0.1, -0.05) is 30.3 Å². The number of aromatic amines is 1. The number of likely N-dealkylation sites (tertiary alicyclic amines) is 1. The minimum absolute atomic E-state index is 0.0792. The fourth-order valence-electron chi connectivity index (χ4n) is 3.83. The molecule has 124 valence electrons. The summed E-state index contributed by atoms with van der Waals surface area (Å²) in [4.78, 5) is 29.3. The fraction of sp³-hybridized carbons (Fsp3) is 0.368. The van der Waals surface area contributed by atoms with Crippen molar-refractivity contribution in [1.82, 2.24) is 9.88 Å². The van der Waals surface area contributed by atoms with Gasteiger partial charge in [-0.2, -0.15) is 0 Å². The van der Waals surface area contributed by atoms with Crippen LogP contribution in [-0.4, -0.2) is 40.0 Å². The molecule has 1 aliphatic heterocycles. The molecule has 0 radical (unpaired) electrons. The first kappa shape index (κ1) is 15.0. The summed E-state index contributed by atoms with van der Waals surface area (Å²) in [6.45, 7) is 0.870. The Morgan fingerprint density at radius 3 is 2.50 bits per heavy atom. The number of nitrogens with one attached hydrogen (secondary N) is 1. The number of benzene rings is 1. The Kier molecular flexibility index (Phi) is 3.63. The predicted molar refractivity (Wildman–Crippen MR) is 89.5 cm³/mol. The van der Waals surface area contributed by atoms with Crippen LogP contribution in [0.1, 0.15) is 23.2 Å². The highest BCUT2D eigenvalue weighted by Gasteiger charge is 2.47. The van der Waals surface area contributed by atoms with Crippen LogP contribution in [0.2, 0.25) is 0 Å². The largest absolute Gasteiger partial charge is 0.481 e. The Morgan fingerprint density at radius 1 is 1.08 bits per heavy atom. The number of aliphatic carboxylic acids is 1. The van der Waals surface area contributed by atoms with Crippen molar-refractivity contribution in [3.05, 3.63) is 48.3 Å². The third kappa shape index (κ3) is 2.60. The van der Waals surface area contributed by atoms with Crippen LogP contribution in [0.3, 0.4) is 0 Å². The lowest BCUT2D eigenvalue weighted by molar-refractivity contribution is -0.142. The number of carbonyl (C=O) groups is 2. The Bertz CT molecular complexity index is 764. The van der Waals surface area contributed by atoms with E-state index in [2.05, 4.69) is 4.98 Å². The zero-order chi connectivity index (χ0) is 16.7. The number of hydrogen-bond donors (Lipinski definition) is 2. The molecule has 1 aromatic carbocycles. The Balaban J connectivity index is 1.59. The minimum atomic E-state index is -0.778. The zero-order valence-corrected chi connectivity index (χ0v) is 13.3. The Labute approximate surface area is 140 Å². The van der Waals surface area contributed by atoms with Crippen LogP contribution in [0.5, 0.6) is 0 Å². The molecule has 1 amide bonds. The third-order valence-corrected chi connectivity index (χ3v) is 5.26. The quantitative estimate of drug-likeness (QED) is 0.908. The van der Waals surface area contributed by atoms with Gasteiger partial charge in [0.05, 0.1) is 11.5 Å². The van der Waals surface area contributed by atoms with Gasteiger partial charge in [0, 0.05) is 31.0 Å². The number of nitrogens with zero attached hydrogens (tertiary/aromatic N) is 1. The van der Waals surface area contributed by atoms with Crippen molar-refractivity contribution >= 4 is 11.9 Å². The summed E-state index contributed by atoms with van der Waals surface area (Å²) < 4.78 is 0. The molecule has 2 N–H and O–H groups in total. The van der Waals surface area contributed by atoms with E-state index in [9.17, 15) is 14.7 Å². The molecule has 5 heteroatoms. The molecular formula is C19H20N2O3. The van der Waals surface area contributed by atoms with Crippen LogP contribution < -0.4 is 0 Å². The molecule has 0 bridgehead atoms. The maximum Gasteiger partial charge on any atom is 0.308 e. The minimum Gasteiger partial charge on any atom is -0.481 e. The summed E-state index contributed by atoms with van der Waals surface area (Å²) >= 11 is 0. The molecule has 5 nitrogen and oxygen atoms in total. The van der Waals surface area contributed by atoms with E-state index in [-0.39, 0.29) is 11.8 Å². The lowest BCUT2D eigenvalue weighted by atomic mass is 9.92. The summed E-state index contributed by atoms with van der Waals surface area (Å²) in [7, 11) is 0. The lowest BCUT2D eigenvalue weighted by Crippen LogP contribution is -2.30. The van der Waals surface area contributed by atoms with E-state index in [0.29, 0.717) is 24.6 Å². The molecule has 2 aromatic rings. The van der Waals surface area contributed by atoms with Crippen LogP contribution >= 0.6 is 0 Å². The highest BCUT2D eigenvalue weighted by molar-refractivity contribution is 6.01. The zero-order valence-electron chi connectivity index (χ0n) is 13.3. The molecule has 2 heterocycles. The molecule has 0 unspecified atom stereocenters. The van der Waals surface area contributed by atoms with Gasteiger partial charge in [-0.3, -0.25) is 9.59 Å². The third-order valence-electron chi connectivity index (χ3n) is 5.26. The van der Waals surface area contributed by atoms with Crippen LogP contribution in [0.15, 0.2) is 42.7 Å². The summed E-state index contributed by atoms with van der Waals surface area (Å²) in [5.74, 6) is -0.709. The van der Waals surface area contributed by atoms with Crippen molar-refractivity contribution in [2.45, 2.75) is 12.8 Å². The number of carboxylic acid groups (broad SMARTS) is 1. The smallest absolute Gasteiger partial charge is 0.308 e. The first-order chi connectivity index (χ1) is 11.6. The molecule has 1 aliphatic carbocycles. The topological polar surface area (TPSA) is 73.4 Å². The number of rotatable bonds is 4. The van der Waals surface area contributed by atoms with Gasteiger partial charge in [-0.25, -0.2) is 0 Å². The number of amides is 1. The molecular weight excluding hydrogens is 304 g/mol. The molecule has 2 aliphatic rings. The van der Waals surface area contributed by atoms with E-state index in [0.717, 1.165) is 24.0 Å². The van der Waals surface area contributed by atoms with Crippen LogP contribution in [-0.2, 0) is 4.79 Å². The van der Waals surface area contributed by atoms with Crippen molar-refractivity contribution in [3.63, 3.8) is 0 Å². The van der Waals surface area contributed by atoms with Crippen molar-refractivity contribution < 1.29 is 14.7 Å². The molecule has 1 saturated heterocycles. The number of carbonyl (C=O) groups excluding carboxylic acids is 1. The maximum absolute atomic E-state index is 13.0. The lowest BCUT2D eigenvalue weighted by Gasteiger charge is -2.16. The average molecular weight is 324 g/mol. The number of aromatic nitrogens is 1. The van der Waals surface area contributed by atoms with E-state index in [1.54, 1.807) is 11.1 Å². The normalized spacial score (nSPS) is 23.4. The molecule has 2 atom stereocenters.